The zero-order chi connectivity index (χ0) is 13.6. The molecule has 0 radical (unpaired) electrons. The molecule has 4 nitrogen and oxygen atoms in total. The van der Waals surface area contributed by atoms with E-state index in [1.807, 2.05) is 0 Å². The van der Waals surface area contributed by atoms with E-state index in [-0.39, 0.29) is 17.6 Å². The molecular weight excluding hydrogens is 254 g/mol. The summed E-state index contributed by atoms with van der Waals surface area (Å²) in [6.45, 7) is 0. The van der Waals surface area contributed by atoms with Gasteiger partial charge in [-0.15, -0.1) is 0 Å². The summed E-state index contributed by atoms with van der Waals surface area (Å²) in [6.07, 6.45) is 2.31. The Morgan fingerprint density at radius 1 is 1.21 bits per heavy atom. The molecule has 1 saturated carbocycles. The largest absolute Gasteiger partial charge is 0.334 e. The van der Waals surface area contributed by atoms with Crippen LogP contribution in [0.1, 0.15) is 19.3 Å². The molecule has 0 spiro atoms. The van der Waals surface area contributed by atoms with Crippen molar-refractivity contribution in [2.75, 3.05) is 4.90 Å². The van der Waals surface area contributed by atoms with E-state index in [4.69, 9.17) is 0 Å². The lowest BCUT2D eigenvalue weighted by molar-refractivity contribution is -0.122. The molecule has 1 aliphatic heterocycles. The van der Waals surface area contributed by atoms with Crippen molar-refractivity contribution in [3.05, 3.63) is 29.8 Å². The van der Waals surface area contributed by atoms with E-state index in [0.29, 0.717) is 12.5 Å². The standard InChI is InChI=1S/C13H12F2N2O2/c14-7-4-5-11(9(15)6-7)17-12(18)8-2-1-3-10(8)16-13(17)19/h4-6,8,10H,1-3H2,(H,16,19). The molecule has 2 atom stereocenters. The lowest BCUT2D eigenvalue weighted by atomic mass is 9.99. The van der Waals surface area contributed by atoms with Gasteiger partial charge in [0.2, 0.25) is 5.91 Å². The zero-order valence-electron chi connectivity index (χ0n) is 10.0. The van der Waals surface area contributed by atoms with Gasteiger partial charge in [-0.2, -0.15) is 0 Å². The van der Waals surface area contributed by atoms with Gasteiger partial charge in [-0.05, 0) is 25.0 Å². The second kappa shape index (κ2) is 4.29. The third kappa shape index (κ3) is 1.87. The minimum atomic E-state index is -0.917. The fourth-order valence-electron chi connectivity index (χ4n) is 2.81. The van der Waals surface area contributed by atoms with Gasteiger partial charge in [0.05, 0.1) is 11.6 Å². The Balaban J connectivity index is 1.99. The number of benzene rings is 1. The molecule has 1 aromatic carbocycles. The molecule has 2 unspecified atom stereocenters. The summed E-state index contributed by atoms with van der Waals surface area (Å²) in [5.74, 6) is -2.37. The van der Waals surface area contributed by atoms with Crippen LogP contribution >= 0.6 is 0 Å². The Morgan fingerprint density at radius 3 is 2.74 bits per heavy atom. The molecule has 2 aliphatic rings. The summed E-state index contributed by atoms with van der Waals surface area (Å²) in [4.78, 5) is 25.0. The van der Waals surface area contributed by atoms with E-state index < -0.39 is 23.6 Å². The highest BCUT2D eigenvalue weighted by Crippen LogP contribution is 2.33. The van der Waals surface area contributed by atoms with E-state index in [2.05, 4.69) is 5.32 Å². The maximum Gasteiger partial charge on any atom is 0.329 e. The van der Waals surface area contributed by atoms with Gasteiger partial charge in [0.1, 0.15) is 11.6 Å². The maximum atomic E-state index is 13.7. The molecule has 3 amide bonds. The minimum Gasteiger partial charge on any atom is -0.334 e. The van der Waals surface area contributed by atoms with Crippen LogP contribution in [0.3, 0.4) is 0 Å². The average molecular weight is 266 g/mol. The van der Waals surface area contributed by atoms with Crippen molar-refractivity contribution >= 4 is 17.6 Å². The van der Waals surface area contributed by atoms with Crippen molar-refractivity contribution in [2.24, 2.45) is 5.92 Å². The maximum absolute atomic E-state index is 13.7. The molecule has 19 heavy (non-hydrogen) atoms. The number of hydrogen-bond acceptors (Lipinski definition) is 2. The van der Waals surface area contributed by atoms with Crippen molar-refractivity contribution in [2.45, 2.75) is 25.3 Å². The van der Waals surface area contributed by atoms with Gasteiger partial charge in [-0.1, -0.05) is 6.42 Å². The van der Waals surface area contributed by atoms with Gasteiger partial charge in [0.25, 0.3) is 0 Å². The minimum absolute atomic E-state index is 0.153. The second-order valence-electron chi connectivity index (χ2n) is 4.86. The van der Waals surface area contributed by atoms with Gasteiger partial charge in [-0.25, -0.2) is 18.5 Å². The highest BCUT2D eigenvalue weighted by molar-refractivity contribution is 6.17. The number of halogens is 2. The summed E-state index contributed by atoms with van der Waals surface area (Å²) >= 11 is 0. The first-order valence-corrected chi connectivity index (χ1v) is 6.17. The van der Waals surface area contributed by atoms with Crippen LogP contribution in [0.4, 0.5) is 19.3 Å². The van der Waals surface area contributed by atoms with Crippen LogP contribution < -0.4 is 10.2 Å². The molecular formula is C13H12F2N2O2. The molecule has 1 aromatic rings. The summed E-state index contributed by atoms with van der Waals surface area (Å²) in [7, 11) is 0. The number of anilines is 1. The van der Waals surface area contributed by atoms with Crippen molar-refractivity contribution in [1.82, 2.24) is 5.32 Å². The fraction of sp³-hybridized carbons (Fsp3) is 0.385. The first-order chi connectivity index (χ1) is 9.08. The van der Waals surface area contributed by atoms with Crippen molar-refractivity contribution < 1.29 is 18.4 Å². The lowest BCUT2D eigenvalue weighted by Gasteiger charge is -2.33. The Morgan fingerprint density at radius 2 is 2.00 bits per heavy atom. The topological polar surface area (TPSA) is 49.4 Å². The van der Waals surface area contributed by atoms with Crippen LogP contribution in [-0.2, 0) is 4.79 Å². The van der Waals surface area contributed by atoms with Crippen molar-refractivity contribution in [1.29, 1.82) is 0 Å². The number of amides is 3. The van der Waals surface area contributed by atoms with Crippen LogP contribution in [-0.4, -0.2) is 18.0 Å². The molecule has 1 N–H and O–H groups in total. The number of nitrogens with one attached hydrogen (secondary N) is 1. The first-order valence-electron chi connectivity index (χ1n) is 6.17. The molecule has 1 saturated heterocycles. The predicted octanol–water partition coefficient (Wildman–Crippen LogP) is 2.19. The Bertz CT molecular complexity index is 562. The first kappa shape index (κ1) is 12.1. The third-order valence-corrected chi connectivity index (χ3v) is 3.72. The molecule has 2 fully saturated rings. The number of hydrogen-bond donors (Lipinski definition) is 1. The molecule has 100 valence electrons. The Hall–Kier alpha value is -1.98. The van der Waals surface area contributed by atoms with E-state index in [1.54, 1.807) is 0 Å². The number of fused-ring (bicyclic) bond motifs is 1. The van der Waals surface area contributed by atoms with Gasteiger partial charge in [0.15, 0.2) is 0 Å². The van der Waals surface area contributed by atoms with Crippen LogP contribution in [0.25, 0.3) is 0 Å². The van der Waals surface area contributed by atoms with Crippen LogP contribution in [0, 0.1) is 17.6 Å². The molecule has 6 heteroatoms. The number of imide groups is 1. The monoisotopic (exact) mass is 266 g/mol. The SMILES string of the molecule is O=C1NC2CCCC2C(=O)N1c1ccc(F)cc1F. The number of carbonyl (C=O) groups excluding carboxylic acids is 2. The molecule has 3 rings (SSSR count). The van der Waals surface area contributed by atoms with Gasteiger partial charge in [0, 0.05) is 12.1 Å². The van der Waals surface area contributed by atoms with E-state index in [0.717, 1.165) is 29.9 Å². The summed E-state index contributed by atoms with van der Waals surface area (Å²) < 4.78 is 26.6. The summed E-state index contributed by atoms with van der Waals surface area (Å²) in [5.41, 5.74) is -0.200. The van der Waals surface area contributed by atoms with E-state index in [9.17, 15) is 18.4 Å². The van der Waals surface area contributed by atoms with Crippen molar-refractivity contribution in [3.8, 4) is 0 Å². The van der Waals surface area contributed by atoms with E-state index >= 15 is 0 Å². The average Bonchev–Trinajstić information content (AvgIpc) is 2.80. The number of rotatable bonds is 1. The van der Waals surface area contributed by atoms with Crippen LogP contribution in [0.15, 0.2) is 18.2 Å². The third-order valence-electron chi connectivity index (χ3n) is 3.72. The summed E-state index contributed by atoms with van der Waals surface area (Å²) in [6, 6.07) is 2.01. The number of carbonyl (C=O) groups is 2. The fourth-order valence-corrected chi connectivity index (χ4v) is 2.81. The molecule has 1 heterocycles. The summed E-state index contributed by atoms with van der Waals surface area (Å²) in [5, 5.41) is 2.70. The zero-order valence-corrected chi connectivity index (χ0v) is 10.0. The lowest BCUT2D eigenvalue weighted by Crippen LogP contribution is -2.58. The molecule has 0 aromatic heterocycles. The molecule has 0 bridgehead atoms. The molecule has 1 aliphatic carbocycles. The normalized spacial score (nSPS) is 26.3. The Labute approximate surface area is 108 Å². The highest BCUT2D eigenvalue weighted by Gasteiger charge is 2.44. The highest BCUT2D eigenvalue weighted by atomic mass is 19.1. The van der Waals surface area contributed by atoms with Gasteiger partial charge >= 0.3 is 6.03 Å². The van der Waals surface area contributed by atoms with Crippen LogP contribution in [0.2, 0.25) is 0 Å². The number of nitrogens with zero attached hydrogens (tertiary/aromatic N) is 1. The van der Waals surface area contributed by atoms with E-state index in [1.165, 1.54) is 0 Å². The second-order valence-corrected chi connectivity index (χ2v) is 4.86. The smallest absolute Gasteiger partial charge is 0.329 e. The van der Waals surface area contributed by atoms with Crippen molar-refractivity contribution in [3.63, 3.8) is 0 Å². The Kier molecular flexibility index (Phi) is 2.73. The van der Waals surface area contributed by atoms with Gasteiger partial charge in [-0.3, -0.25) is 4.79 Å². The number of urea groups is 1. The van der Waals surface area contributed by atoms with Gasteiger partial charge < -0.3 is 5.32 Å². The van der Waals surface area contributed by atoms with Crippen LogP contribution in [0.5, 0.6) is 0 Å². The predicted molar refractivity (Wildman–Crippen MR) is 63.5 cm³/mol. The quantitative estimate of drug-likeness (QED) is 0.847.